The van der Waals surface area contributed by atoms with Crippen LogP contribution in [-0.4, -0.2) is 16.1 Å². The molecule has 1 unspecified atom stereocenters. The van der Waals surface area contributed by atoms with E-state index in [9.17, 15) is 4.79 Å². The minimum atomic E-state index is -1.06. The number of halogens is 1. The molecule has 4 nitrogen and oxygen atoms in total. The second-order valence-corrected chi connectivity index (χ2v) is 3.66. The molecule has 0 saturated carbocycles. The molecule has 0 radical (unpaired) electrons. The van der Waals surface area contributed by atoms with Crippen molar-refractivity contribution in [3.05, 3.63) is 54.2 Å². The average Bonchev–Trinajstić information content (AvgIpc) is 2.39. The van der Waals surface area contributed by atoms with Gasteiger partial charge in [-0.3, -0.25) is 9.78 Å². The molecule has 2 rings (SSSR count). The summed E-state index contributed by atoms with van der Waals surface area (Å²) >= 11 is 0. The Labute approximate surface area is 111 Å². The highest BCUT2D eigenvalue weighted by Crippen LogP contribution is 2.18. The molecule has 2 aromatic rings. The maximum Gasteiger partial charge on any atom is 0.325 e. The Balaban J connectivity index is 0.00000162. The van der Waals surface area contributed by atoms with Crippen LogP contribution in [0.4, 0.5) is 0 Å². The van der Waals surface area contributed by atoms with E-state index in [1.165, 1.54) is 6.20 Å². The van der Waals surface area contributed by atoms with Crippen molar-refractivity contribution in [3.8, 4) is 11.3 Å². The van der Waals surface area contributed by atoms with Crippen LogP contribution in [0.1, 0.15) is 11.6 Å². The summed E-state index contributed by atoms with van der Waals surface area (Å²) in [6, 6.07) is 12.1. The molecule has 1 aromatic carbocycles. The van der Waals surface area contributed by atoms with Gasteiger partial charge in [0.2, 0.25) is 0 Å². The fourth-order valence-electron chi connectivity index (χ4n) is 1.51. The molecule has 18 heavy (non-hydrogen) atoms. The molecule has 0 spiro atoms. The molecule has 0 amide bonds. The first kappa shape index (κ1) is 14.2. The summed E-state index contributed by atoms with van der Waals surface area (Å²) in [6.07, 6.45) is 1.50. The van der Waals surface area contributed by atoms with Gasteiger partial charge in [-0.1, -0.05) is 36.4 Å². The van der Waals surface area contributed by atoms with Gasteiger partial charge in [0.05, 0.1) is 5.69 Å². The Hall–Kier alpha value is -1.91. The van der Waals surface area contributed by atoms with E-state index in [1.807, 2.05) is 30.3 Å². The summed E-state index contributed by atoms with van der Waals surface area (Å²) in [7, 11) is 0. The summed E-state index contributed by atoms with van der Waals surface area (Å²) in [4.78, 5) is 14.9. The summed E-state index contributed by atoms with van der Waals surface area (Å²) in [6.45, 7) is 0. The molecule has 0 aliphatic heterocycles. The van der Waals surface area contributed by atoms with Gasteiger partial charge in [0.15, 0.2) is 0 Å². The number of aromatic nitrogens is 1. The quantitative estimate of drug-likeness (QED) is 0.891. The van der Waals surface area contributed by atoms with E-state index in [0.717, 1.165) is 11.3 Å². The van der Waals surface area contributed by atoms with Crippen LogP contribution in [0.5, 0.6) is 0 Å². The first-order valence-electron chi connectivity index (χ1n) is 5.18. The van der Waals surface area contributed by atoms with Crippen molar-refractivity contribution in [3.63, 3.8) is 0 Å². The fraction of sp³-hybridized carbons (Fsp3) is 0.0769. The summed E-state index contributed by atoms with van der Waals surface area (Å²) in [5.41, 5.74) is 7.77. The Morgan fingerprint density at radius 2 is 1.83 bits per heavy atom. The number of aliphatic carboxylic acids is 1. The number of carbonyl (C=O) groups is 1. The monoisotopic (exact) mass is 264 g/mol. The van der Waals surface area contributed by atoms with Gasteiger partial charge in [-0.05, 0) is 11.6 Å². The van der Waals surface area contributed by atoms with Crippen LogP contribution in [0.15, 0.2) is 48.7 Å². The molecule has 0 aliphatic carbocycles. The van der Waals surface area contributed by atoms with Crippen molar-refractivity contribution < 1.29 is 9.90 Å². The van der Waals surface area contributed by atoms with Crippen LogP contribution in [0.25, 0.3) is 11.3 Å². The second-order valence-electron chi connectivity index (χ2n) is 3.66. The first-order valence-corrected chi connectivity index (χ1v) is 5.18. The first-order chi connectivity index (χ1) is 8.18. The SMILES string of the molecule is Cl.NC(C(=O)O)c1ccc(-c2ccccc2)nc1. The van der Waals surface area contributed by atoms with Crippen molar-refractivity contribution in [2.24, 2.45) is 5.73 Å². The van der Waals surface area contributed by atoms with Crippen molar-refractivity contribution in [1.29, 1.82) is 0 Å². The molecule has 0 bridgehead atoms. The standard InChI is InChI=1S/C13H12N2O2.ClH/c14-12(13(16)17)10-6-7-11(15-8-10)9-4-2-1-3-5-9;/h1-8,12H,14H2,(H,16,17);1H. The van der Waals surface area contributed by atoms with Crippen LogP contribution in [0.2, 0.25) is 0 Å². The number of nitrogens with two attached hydrogens (primary N) is 1. The number of nitrogens with zero attached hydrogens (tertiary/aromatic N) is 1. The minimum absolute atomic E-state index is 0. The molecule has 0 aliphatic rings. The molecule has 1 aromatic heterocycles. The van der Waals surface area contributed by atoms with Crippen LogP contribution in [0, 0.1) is 0 Å². The third-order valence-corrected chi connectivity index (χ3v) is 2.48. The zero-order valence-electron chi connectivity index (χ0n) is 9.48. The lowest BCUT2D eigenvalue weighted by Gasteiger charge is -2.07. The average molecular weight is 265 g/mol. The van der Waals surface area contributed by atoms with Gasteiger partial charge >= 0.3 is 5.97 Å². The number of benzene rings is 1. The third kappa shape index (κ3) is 3.06. The van der Waals surface area contributed by atoms with Crippen molar-refractivity contribution in [2.75, 3.05) is 0 Å². The van der Waals surface area contributed by atoms with Crippen LogP contribution < -0.4 is 5.73 Å². The van der Waals surface area contributed by atoms with Gasteiger partial charge in [-0.2, -0.15) is 0 Å². The van der Waals surface area contributed by atoms with E-state index in [-0.39, 0.29) is 12.4 Å². The van der Waals surface area contributed by atoms with Gasteiger partial charge in [-0.15, -0.1) is 12.4 Å². The highest BCUT2D eigenvalue weighted by atomic mass is 35.5. The lowest BCUT2D eigenvalue weighted by atomic mass is 10.1. The maximum atomic E-state index is 10.7. The van der Waals surface area contributed by atoms with E-state index < -0.39 is 12.0 Å². The number of hydrogen-bond acceptors (Lipinski definition) is 3. The number of carboxylic acids is 1. The highest BCUT2D eigenvalue weighted by Gasteiger charge is 2.14. The Morgan fingerprint density at radius 1 is 1.17 bits per heavy atom. The van der Waals surface area contributed by atoms with Gasteiger partial charge in [0, 0.05) is 11.8 Å². The maximum absolute atomic E-state index is 10.7. The predicted octanol–water partition coefficient (Wildman–Crippen LogP) is 2.25. The Morgan fingerprint density at radius 3 is 2.33 bits per heavy atom. The summed E-state index contributed by atoms with van der Waals surface area (Å²) in [5.74, 6) is -1.06. The number of pyridine rings is 1. The molecular formula is C13H13ClN2O2. The summed E-state index contributed by atoms with van der Waals surface area (Å²) < 4.78 is 0. The number of carboxylic acid groups (broad SMARTS) is 1. The molecule has 1 atom stereocenters. The third-order valence-electron chi connectivity index (χ3n) is 2.48. The topological polar surface area (TPSA) is 76.2 Å². The zero-order chi connectivity index (χ0) is 12.3. The van der Waals surface area contributed by atoms with Crippen molar-refractivity contribution >= 4 is 18.4 Å². The molecule has 0 fully saturated rings. The largest absolute Gasteiger partial charge is 0.480 e. The van der Waals surface area contributed by atoms with Crippen LogP contribution >= 0.6 is 12.4 Å². The van der Waals surface area contributed by atoms with E-state index in [1.54, 1.807) is 12.1 Å². The minimum Gasteiger partial charge on any atom is -0.480 e. The number of hydrogen-bond donors (Lipinski definition) is 2. The van der Waals surface area contributed by atoms with E-state index in [2.05, 4.69) is 4.98 Å². The zero-order valence-corrected chi connectivity index (χ0v) is 10.3. The van der Waals surface area contributed by atoms with Gasteiger partial charge in [-0.25, -0.2) is 0 Å². The molecule has 5 heteroatoms. The van der Waals surface area contributed by atoms with E-state index >= 15 is 0 Å². The normalized spacial score (nSPS) is 11.4. The second kappa shape index (κ2) is 6.14. The van der Waals surface area contributed by atoms with Gasteiger partial charge in [0.25, 0.3) is 0 Å². The van der Waals surface area contributed by atoms with Crippen molar-refractivity contribution in [1.82, 2.24) is 4.98 Å². The molecule has 3 N–H and O–H groups in total. The fourth-order valence-corrected chi connectivity index (χ4v) is 1.51. The predicted molar refractivity (Wildman–Crippen MR) is 71.5 cm³/mol. The van der Waals surface area contributed by atoms with Crippen molar-refractivity contribution in [2.45, 2.75) is 6.04 Å². The van der Waals surface area contributed by atoms with E-state index in [0.29, 0.717) is 5.56 Å². The molecule has 0 saturated heterocycles. The lowest BCUT2D eigenvalue weighted by molar-refractivity contribution is -0.138. The van der Waals surface area contributed by atoms with Crippen LogP contribution in [-0.2, 0) is 4.79 Å². The smallest absolute Gasteiger partial charge is 0.325 e. The Bertz CT molecular complexity index is 514. The lowest BCUT2D eigenvalue weighted by Crippen LogP contribution is -2.20. The van der Waals surface area contributed by atoms with Gasteiger partial charge in [0.1, 0.15) is 6.04 Å². The molecular weight excluding hydrogens is 252 g/mol. The molecule has 1 heterocycles. The Kier molecular flexibility index (Phi) is 4.83. The summed E-state index contributed by atoms with van der Waals surface area (Å²) in [5, 5.41) is 8.77. The highest BCUT2D eigenvalue weighted by molar-refractivity contribution is 5.85. The van der Waals surface area contributed by atoms with Gasteiger partial charge < -0.3 is 10.8 Å². The van der Waals surface area contributed by atoms with Crippen LogP contribution in [0.3, 0.4) is 0 Å². The number of rotatable bonds is 3. The van der Waals surface area contributed by atoms with E-state index in [4.69, 9.17) is 10.8 Å². The molecule has 94 valence electrons.